The van der Waals surface area contributed by atoms with Crippen molar-refractivity contribution in [3.05, 3.63) is 181 Å². The van der Waals surface area contributed by atoms with E-state index in [1.165, 1.54) is 9.21 Å². The summed E-state index contributed by atoms with van der Waals surface area (Å²) in [6.07, 6.45) is 0. The fraction of sp³-hybridized carbons (Fsp3) is 0. The lowest BCUT2D eigenvalue weighted by molar-refractivity contribution is 0.0545. The third-order valence-electron chi connectivity index (χ3n) is 6.98. The van der Waals surface area contributed by atoms with Crippen LogP contribution in [-0.4, -0.2) is 9.21 Å². The Labute approximate surface area is 303 Å². The average molecular weight is 744 g/mol. The molecule has 0 fully saturated rings. The van der Waals surface area contributed by atoms with Gasteiger partial charge in [0.15, 0.2) is 0 Å². The van der Waals surface area contributed by atoms with Crippen molar-refractivity contribution in [2.75, 3.05) is 0 Å². The summed E-state index contributed by atoms with van der Waals surface area (Å²) in [5.74, 6) is 2.64. The van der Waals surface area contributed by atoms with Crippen molar-refractivity contribution in [3.8, 4) is 46.6 Å². The van der Waals surface area contributed by atoms with Crippen LogP contribution in [0.2, 0.25) is 0 Å². The summed E-state index contributed by atoms with van der Waals surface area (Å²) in [7, 11) is -8.29. The Bertz CT molecular complexity index is 2160. The molecule has 52 heavy (non-hydrogen) atoms. The van der Waals surface area contributed by atoms with Gasteiger partial charge in [0.05, 0.1) is 23.3 Å². The van der Waals surface area contributed by atoms with Crippen LogP contribution in [0.4, 0.5) is 0 Å². The van der Waals surface area contributed by atoms with Crippen LogP contribution < -0.4 is 27.8 Å². The Hall–Kier alpha value is -5.89. The summed E-state index contributed by atoms with van der Waals surface area (Å²) in [5, 5.41) is 19.0. The number of nitrogens with zero attached hydrogens (tertiary/aromatic N) is 5. The third kappa shape index (κ3) is 8.35. The zero-order valence-corrected chi connectivity index (χ0v) is 29.9. The van der Waals surface area contributed by atoms with E-state index in [9.17, 15) is 10.5 Å². The van der Waals surface area contributed by atoms with Crippen molar-refractivity contribution in [1.82, 2.24) is 9.21 Å². The lowest BCUT2D eigenvalue weighted by Gasteiger charge is -2.43. The molecule has 1 aliphatic rings. The topological polar surface area (TPSA) is 122 Å². The summed E-state index contributed by atoms with van der Waals surface area (Å²) >= 11 is 0. The quantitative estimate of drug-likeness (QED) is 0.112. The fourth-order valence-electron chi connectivity index (χ4n) is 4.55. The van der Waals surface area contributed by atoms with Gasteiger partial charge in [0.1, 0.15) is 34.5 Å². The number of hydrogen-bond acceptors (Lipinski definition) is 11. The van der Waals surface area contributed by atoms with Gasteiger partial charge in [-0.3, -0.25) is 0 Å². The van der Waals surface area contributed by atoms with E-state index in [2.05, 4.69) is 12.1 Å². The van der Waals surface area contributed by atoms with Crippen molar-refractivity contribution >= 4 is 24.6 Å². The maximum atomic E-state index is 9.51. The van der Waals surface area contributed by atoms with E-state index in [4.69, 9.17) is 32.3 Å². The molecule has 2 unspecified atom stereocenters. The molecule has 0 saturated heterocycles. The van der Waals surface area contributed by atoms with Gasteiger partial charge in [-0.05, 0) is 97.1 Å². The molecule has 14 heteroatoms. The number of para-hydroxylation sites is 4. The predicted octanol–water partition coefficient (Wildman–Crippen LogP) is 11.1. The molecular formula is C38H28N5O6P3. The van der Waals surface area contributed by atoms with Crippen LogP contribution in [0.5, 0.6) is 34.5 Å². The number of benzene rings is 6. The number of nitriles is 2. The van der Waals surface area contributed by atoms with Crippen LogP contribution in [0, 0.1) is 22.7 Å². The highest BCUT2D eigenvalue weighted by molar-refractivity contribution is 7.78. The molecule has 0 amide bonds. The van der Waals surface area contributed by atoms with Crippen molar-refractivity contribution in [2.45, 2.75) is 0 Å². The minimum absolute atomic E-state index is 0.345. The second-order valence-corrected chi connectivity index (χ2v) is 16.2. The molecule has 6 aromatic rings. The minimum atomic E-state index is -3.87. The normalized spacial score (nSPS) is 16.6. The van der Waals surface area contributed by atoms with Crippen molar-refractivity contribution in [2.24, 2.45) is 4.52 Å². The Kier molecular flexibility index (Phi) is 10.9. The molecule has 256 valence electrons. The van der Waals surface area contributed by atoms with E-state index in [1.807, 2.05) is 84.9 Å². The summed E-state index contributed by atoms with van der Waals surface area (Å²) in [6, 6.07) is 54.3. The van der Waals surface area contributed by atoms with Gasteiger partial charge in [-0.1, -0.05) is 72.8 Å². The molecule has 6 aromatic carbocycles. The molecule has 1 aliphatic heterocycles. The first-order valence-corrected chi connectivity index (χ1v) is 19.6. The molecule has 0 saturated carbocycles. The van der Waals surface area contributed by atoms with E-state index in [0.29, 0.717) is 45.6 Å². The van der Waals surface area contributed by atoms with E-state index in [1.54, 1.807) is 84.9 Å². The summed E-state index contributed by atoms with van der Waals surface area (Å²) < 4.78 is 35.4. The predicted molar refractivity (Wildman–Crippen MR) is 199 cm³/mol. The first kappa shape index (κ1) is 34.6. The molecule has 11 nitrogen and oxygen atoms in total. The molecule has 7 rings (SSSR count). The molecular weight excluding hydrogens is 715 g/mol. The highest BCUT2D eigenvalue weighted by Gasteiger charge is 2.58. The Morgan fingerprint density at radius 3 is 1.35 bits per heavy atom. The molecule has 0 aromatic heterocycles. The van der Waals surface area contributed by atoms with Crippen LogP contribution >= 0.6 is 24.6 Å². The molecule has 0 bridgehead atoms. The van der Waals surface area contributed by atoms with Crippen molar-refractivity contribution in [1.29, 1.82) is 10.5 Å². The van der Waals surface area contributed by atoms with Gasteiger partial charge in [-0.15, -0.1) is 4.52 Å². The first-order valence-electron chi connectivity index (χ1n) is 15.8. The van der Waals surface area contributed by atoms with Crippen molar-refractivity contribution in [3.63, 3.8) is 0 Å². The van der Waals surface area contributed by atoms with Crippen LogP contribution in [-0.2, 0) is 0 Å². The highest BCUT2D eigenvalue weighted by atomic mass is 31.3. The highest BCUT2D eigenvalue weighted by Crippen LogP contribution is 2.77. The zero-order chi connectivity index (χ0) is 35.6. The molecule has 0 radical (unpaired) electrons. The minimum Gasteiger partial charge on any atom is -0.440 e. The van der Waals surface area contributed by atoms with Crippen LogP contribution in [0.25, 0.3) is 0 Å². The lowest BCUT2D eigenvalue weighted by atomic mass is 10.2. The van der Waals surface area contributed by atoms with Gasteiger partial charge in [-0.25, -0.2) is 0 Å². The maximum absolute atomic E-state index is 9.51. The standard InChI is InChI=1S/C38H28N5O6P3/c39-29-31-21-25-34(26-22-31)45-43-51(47-36-27-23-32(30-40)24-28-36)42(44-33-13-5-1-6-14-33)50(46-35-15-7-2-8-16-35)41-52(43,48-37-17-9-3-10-18-37)49-38-19-11-4-12-20-38/h1-28H. The molecule has 2 atom stereocenters. The Morgan fingerprint density at radius 1 is 0.462 bits per heavy atom. The summed E-state index contributed by atoms with van der Waals surface area (Å²) in [5.41, 5.74) is 0.904. The van der Waals surface area contributed by atoms with E-state index < -0.39 is 24.6 Å². The zero-order valence-electron chi connectivity index (χ0n) is 27.2. The summed E-state index contributed by atoms with van der Waals surface area (Å²) in [6.45, 7) is 0. The molecule has 0 aliphatic carbocycles. The van der Waals surface area contributed by atoms with Crippen molar-refractivity contribution < 1.29 is 27.8 Å². The van der Waals surface area contributed by atoms with E-state index in [-0.39, 0.29) is 0 Å². The second-order valence-electron chi connectivity index (χ2n) is 10.7. The van der Waals surface area contributed by atoms with Crippen LogP contribution in [0.15, 0.2) is 174 Å². The smallest absolute Gasteiger partial charge is 0.440 e. The number of rotatable bonds is 12. The molecule has 1 heterocycles. The second kappa shape index (κ2) is 16.4. The maximum Gasteiger partial charge on any atom is 0.447 e. The average Bonchev–Trinajstić information content (AvgIpc) is 3.20. The molecule has 0 spiro atoms. The Morgan fingerprint density at radius 2 is 0.865 bits per heavy atom. The van der Waals surface area contributed by atoms with Gasteiger partial charge in [0.2, 0.25) is 0 Å². The Balaban J connectivity index is 1.47. The van der Waals surface area contributed by atoms with E-state index >= 15 is 0 Å². The number of hydrogen-bond donors (Lipinski definition) is 0. The summed E-state index contributed by atoms with van der Waals surface area (Å²) in [4.78, 5) is 13.3. The van der Waals surface area contributed by atoms with Gasteiger partial charge in [0, 0.05) is 9.21 Å². The van der Waals surface area contributed by atoms with Crippen LogP contribution in [0.1, 0.15) is 11.1 Å². The van der Waals surface area contributed by atoms with E-state index in [0.717, 1.165) is 0 Å². The molecule has 0 N–H and O–H groups in total. The van der Waals surface area contributed by atoms with Gasteiger partial charge in [0.25, 0.3) is 0 Å². The van der Waals surface area contributed by atoms with Gasteiger partial charge < -0.3 is 27.8 Å². The van der Waals surface area contributed by atoms with Crippen LogP contribution in [0.3, 0.4) is 0 Å². The van der Waals surface area contributed by atoms with Gasteiger partial charge >= 0.3 is 24.6 Å². The first-order chi connectivity index (χ1) is 25.6. The lowest BCUT2D eigenvalue weighted by Crippen LogP contribution is -2.37. The SMILES string of the molecule is N#Cc1ccc(ON2P(Oc3ccc(C#N)cc3)N(Oc3ccccc3)P(Oc3ccccc3)N=P2(Oc2ccccc2)Oc2ccccc2)cc1. The third-order valence-corrected chi connectivity index (χ3v) is 13.8. The van der Waals surface area contributed by atoms with Gasteiger partial charge in [-0.2, -0.15) is 10.5 Å². The largest absolute Gasteiger partial charge is 0.447 e. The monoisotopic (exact) mass is 743 g/mol. The fourth-order valence-corrected chi connectivity index (χ4v) is 12.0.